The largest absolute Gasteiger partial charge is 0.493 e. The summed E-state index contributed by atoms with van der Waals surface area (Å²) in [4.78, 5) is 32.9. The molecule has 7 nitrogen and oxygen atoms in total. The predicted molar refractivity (Wildman–Crippen MR) is 153 cm³/mol. The van der Waals surface area contributed by atoms with Crippen LogP contribution in [-0.4, -0.2) is 23.8 Å². The number of fused-ring (bicyclic) bond motifs is 1. The third-order valence-electron chi connectivity index (χ3n) is 6.12. The Morgan fingerprint density at radius 3 is 2.59 bits per heavy atom. The van der Waals surface area contributed by atoms with Crippen LogP contribution in [0.15, 0.2) is 87.1 Å². The molecule has 200 valence electrons. The van der Waals surface area contributed by atoms with Crippen LogP contribution in [0.25, 0.3) is 6.08 Å². The number of benzene rings is 2. The number of thiazole rings is 1. The molecule has 4 aromatic rings. The molecule has 5 rings (SSSR count). The molecule has 2 aromatic carbocycles. The van der Waals surface area contributed by atoms with Gasteiger partial charge in [-0.2, -0.15) is 0 Å². The van der Waals surface area contributed by atoms with Gasteiger partial charge in [0.2, 0.25) is 0 Å². The van der Waals surface area contributed by atoms with Crippen molar-refractivity contribution in [1.82, 2.24) is 4.57 Å². The van der Waals surface area contributed by atoms with Gasteiger partial charge in [0.1, 0.15) is 12.6 Å². The van der Waals surface area contributed by atoms with E-state index < -0.39 is 12.0 Å². The molecule has 0 fully saturated rings. The van der Waals surface area contributed by atoms with E-state index >= 15 is 0 Å². The van der Waals surface area contributed by atoms with E-state index in [-0.39, 0.29) is 11.7 Å². The lowest BCUT2D eigenvalue weighted by Crippen LogP contribution is -2.39. The molecule has 0 bridgehead atoms. The van der Waals surface area contributed by atoms with Crippen LogP contribution in [0.2, 0.25) is 0 Å². The molecule has 0 saturated heterocycles. The Balaban J connectivity index is 1.53. The first-order chi connectivity index (χ1) is 18.9. The maximum absolute atomic E-state index is 13.8. The Morgan fingerprint density at radius 2 is 1.90 bits per heavy atom. The van der Waals surface area contributed by atoms with Crippen molar-refractivity contribution >= 4 is 34.7 Å². The van der Waals surface area contributed by atoms with Crippen LogP contribution in [0.3, 0.4) is 0 Å². The second-order valence-electron chi connectivity index (χ2n) is 9.24. The number of carbonyl (C=O) groups excluding carboxylic acids is 1. The van der Waals surface area contributed by atoms with Gasteiger partial charge in [0.05, 0.1) is 29.0 Å². The van der Waals surface area contributed by atoms with Gasteiger partial charge in [0.15, 0.2) is 16.3 Å². The Labute approximate surface area is 234 Å². The van der Waals surface area contributed by atoms with E-state index in [1.807, 2.05) is 72.1 Å². The summed E-state index contributed by atoms with van der Waals surface area (Å²) < 4.78 is 19.2. The number of thiophene rings is 1. The van der Waals surface area contributed by atoms with Gasteiger partial charge in [0, 0.05) is 4.88 Å². The zero-order valence-corrected chi connectivity index (χ0v) is 23.7. The number of carbonyl (C=O) groups is 1. The molecule has 1 aliphatic rings. The molecule has 1 atom stereocenters. The van der Waals surface area contributed by atoms with Crippen molar-refractivity contribution in [3.05, 3.63) is 113 Å². The fourth-order valence-corrected chi connectivity index (χ4v) is 6.23. The predicted octanol–water partition coefficient (Wildman–Crippen LogP) is 4.84. The fraction of sp³-hybridized carbons (Fsp3) is 0.233. The minimum atomic E-state index is -0.599. The van der Waals surface area contributed by atoms with Gasteiger partial charge in [-0.15, -0.1) is 11.3 Å². The van der Waals surface area contributed by atoms with Gasteiger partial charge in [0.25, 0.3) is 5.56 Å². The van der Waals surface area contributed by atoms with Gasteiger partial charge in [-0.3, -0.25) is 9.36 Å². The number of allylic oxidation sites excluding steroid dienone is 1. The number of methoxy groups -OCH3 is 1. The molecule has 1 aliphatic heterocycles. The van der Waals surface area contributed by atoms with Crippen molar-refractivity contribution in [3.63, 3.8) is 0 Å². The van der Waals surface area contributed by atoms with Gasteiger partial charge >= 0.3 is 5.97 Å². The molecule has 0 N–H and O–H groups in total. The highest BCUT2D eigenvalue weighted by Crippen LogP contribution is 2.33. The SMILES string of the molecule is COc1cc(/C=c2/sc3n(c2=O)[C@@H](c2cccs2)C(C(=O)OC(C)C)=C(C)N=3)ccc1OCc1ccccc1. The van der Waals surface area contributed by atoms with E-state index in [0.717, 1.165) is 16.0 Å². The number of aromatic nitrogens is 1. The van der Waals surface area contributed by atoms with Crippen LogP contribution in [0, 0.1) is 0 Å². The van der Waals surface area contributed by atoms with E-state index in [0.29, 0.717) is 38.7 Å². The summed E-state index contributed by atoms with van der Waals surface area (Å²) in [6.45, 7) is 5.80. The molecule has 9 heteroatoms. The van der Waals surface area contributed by atoms with Crippen LogP contribution in [-0.2, 0) is 16.1 Å². The maximum Gasteiger partial charge on any atom is 0.338 e. The number of rotatable bonds is 8. The summed E-state index contributed by atoms with van der Waals surface area (Å²) in [7, 11) is 1.59. The quantitative estimate of drug-likeness (QED) is 0.288. The number of nitrogens with zero attached hydrogens (tertiary/aromatic N) is 2. The van der Waals surface area contributed by atoms with Crippen LogP contribution >= 0.6 is 22.7 Å². The molecule has 0 aliphatic carbocycles. The van der Waals surface area contributed by atoms with Crippen molar-refractivity contribution in [1.29, 1.82) is 0 Å². The van der Waals surface area contributed by atoms with E-state index in [9.17, 15) is 9.59 Å². The average Bonchev–Trinajstić information content (AvgIpc) is 3.55. The van der Waals surface area contributed by atoms with Gasteiger partial charge in [-0.05, 0) is 61.6 Å². The van der Waals surface area contributed by atoms with Crippen LogP contribution < -0.4 is 24.4 Å². The zero-order chi connectivity index (χ0) is 27.5. The number of hydrogen-bond donors (Lipinski definition) is 0. The maximum atomic E-state index is 13.8. The standard InChI is InChI=1S/C30H28N2O5S2/c1-18(2)37-29(34)26-19(3)31-30-32(27(26)24-11-8-14-38-24)28(33)25(39-30)16-21-12-13-22(23(15-21)35-4)36-17-20-9-6-5-7-10-20/h5-16,18,27H,17H2,1-4H3/b25-16+/t27-/m0/s1. The Bertz CT molecular complexity index is 1700. The molecule has 0 saturated carbocycles. The molecule has 0 spiro atoms. The zero-order valence-electron chi connectivity index (χ0n) is 22.0. The summed E-state index contributed by atoms with van der Waals surface area (Å²) in [5.74, 6) is 0.717. The topological polar surface area (TPSA) is 79.1 Å². The summed E-state index contributed by atoms with van der Waals surface area (Å²) in [5, 5.41) is 1.93. The van der Waals surface area contributed by atoms with Crippen LogP contribution in [0.5, 0.6) is 11.5 Å². The normalized spacial score (nSPS) is 15.2. The first-order valence-corrected chi connectivity index (χ1v) is 14.2. The molecular weight excluding hydrogens is 532 g/mol. The molecule has 2 aromatic heterocycles. The molecule has 0 radical (unpaired) electrons. The Kier molecular flexibility index (Phi) is 7.81. The van der Waals surface area contributed by atoms with E-state index in [1.54, 1.807) is 32.4 Å². The summed E-state index contributed by atoms with van der Waals surface area (Å²) in [5.41, 5.74) is 2.55. The highest BCUT2D eigenvalue weighted by molar-refractivity contribution is 7.10. The lowest BCUT2D eigenvalue weighted by molar-refractivity contribution is -0.143. The van der Waals surface area contributed by atoms with E-state index in [2.05, 4.69) is 4.99 Å². The lowest BCUT2D eigenvalue weighted by atomic mass is 10.0. The van der Waals surface area contributed by atoms with Crippen molar-refractivity contribution < 1.29 is 19.0 Å². The molecule has 3 heterocycles. The first-order valence-electron chi connectivity index (χ1n) is 12.5. The molecular formula is C30H28N2O5S2. The van der Waals surface area contributed by atoms with E-state index in [4.69, 9.17) is 14.2 Å². The second-order valence-corrected chi connectivity index (χ2v) is 11.2. The minimum Gasteiger partial charge on any atom is -0.493 e. The summed E-state index contributed by atoms with van der Waals surface area (Å²) in [6, 6.07) is 18.7. The summed E-state index contributed by atoms with van der Waals surface area (Å²) in [6.07, 6.45) is 1.52. The number of ether oxygens (including phenoxy) is 3. The Morgan fingerprint density at radius 1 is 1.10 bits per heavy atom. The van der Waals surface area contributed by atoms with E-state index in [1.165, 1.54) is 22.7 Å². The third-order valence-corrected chi connectivity index (χ3v) is 8.03. The molecule has 0 amide bonds. The molecule has 39 heavy (non-hydrogen) atoms. The lowest BCUT2D eigenvalue weighted by Gasteiger charge is -2.24. The Hall–Kier alpha value is -3.95. The van der Waals surface area contributed by atoms with Crippen molar-refractivity contribution in [2.24, 2.45) is 4.99 Å². The number of hydrogen-bond acceptors (Lipinski definition) is 8. The third kappa shape index (κ3) is 5.60. The minimum absolute atomic E-state index is 0.220. The number of esters is 1. The van der Waals surface area contributed by atoms with Gasteiger partial charge in [-0.1, -0.05) is 53.8 Å². The second kappa shape index (κ2) is 11.4. The average molecular weight is 561 g/mol. The highest BCUT2D eigenvalue weighted by atomic mass is 32.1. The first kappa shape index (κ1) is 26.6. The fourth-order valence-electron chi connectivity index (χ4n) is 4.36. The monoisotopic (exact) mass is 560 g/mol. The van der Waals surface area contributed by atoms with Gasteiger partial charge < -0.3 is 14.2 Å². The smallest absolute Gasteiger partial charge is 0.338 e. The van der Waals surface area contributed by atoms with Crippen molar-refractivity contribution in [2.75, 3.05) is 7.11 Å². The molecule has 0 unspecified atom stereocenters. The van der Waals surface area contributed by atoms with Crippen LogP contribution in [0.1, 0.15) is 42.8 Å². The highest BCUT2D eigenvalue weighted by Gasteiger charge is 2.34. The van der Waals surface area contributed by atoms with Crippen molar-refractivity contribution in [2.45, 2.75) is 39.5 Å². The summed E-state index contributed by atoms with van der Waals surface area (Å²) >= 11 is 2.78. The van der Waals surface area contributed by atoms with Gasteiger partial charge in [-0.25, -0.2) is 9.79 Å². The van der Waals surface area contributed by atoms with Crippen LogP contribution in [0.4, 0.5) is 0 Å². The van der Waals surface area contributed by atoms with Crippen molar-refractivity contribution in [3.8, 4) is 11.5 Å².